The van der Waals surface area contributed by atoms with E-state index in [2.05, 4.69) is 53.8 Å². The topological polar surface area (TPSA) is 20.2 Å². The van der Waals surface area contributed by atoms with Gasteiger partial charge in [-0.1, -0.05) is 44.0 Å². The fourth-order valence-electron chi connectivity index (χ4n) is 2.18. The average molecular weight is 366 g/mol. The van der Waals surface area contributed by atoms with Crippen LogP contribution in [0.15, 0.2) is 42.5 Å². The standard InChI is InChI=1S/C17H19IO/c1-2-3-4-5-13-6-8-14(9-7-13)16-11-10-15(18)12-17(16)19/h6-12,19H,2-5H2,1H3. The molecule has 2 rings (SSSR count). The summed E-state index contributed by atoms with van der Waals surface area (Å²) in [7, 11) is 0. The summed E-state index contributed by atoms with van der Waals surface area (Å²) in [6, 6.07) is 14.3. The van der Waals surface area contributed by atoms with E-state index in [9.17, 15) is 5.11 Å². The fourth-order valence-corrected chi connectivity index (χ4v) is 2.65. The highest BCUT2D eigenvalue weighted by Crippen LogP contribution is 2.30. The van der Waals surface area contributed by atoms with Crippen molar-refractivity contribution < 1.29 is 5.11 Å². The second kappa shape index (κ2) is 6.94. The van der Waals surface area contributed by atoms with Crippen molar-refractivity contribution in [2.24, 2.45) is 0 Å². The predicted octanol–water partition coefficient (Wildman–Crippen LogP) is 5.40. The first-order valence-electron chi connectivity index (χ1n) is 6.78. The van der Waals surface area contributed by atoms with Crippen LogP contribution in [0, 0.1) is 3.57 Å². The molecule has 1 nitrogen and oxygen atoms in total. The molecule has 0 aromatic heterocycles. The number of hydrogen-bond donors (Lipinski definition) is 1. The van der Waals surface area contributed by atoms with Crippen LogP contribution < -0.4 is 0 Å². The molecule has 0 fully saturated rings. The van der Waals surface area contributed by atoms with Crippen LogP contribution in [0.5, 0.6) is 5.75 Å². The lowest BCUT2D eigenvalue weighted by molar-refractivity contribution is 0.477. The Hall–Kier alpha value is -1.03. The van der Waals surface area contributed by atoms with Crippen LogP contribution in [0.4, 0.5) is 0 Å². The summed E-state index contributed by atoms with van der Waals surface area (Å²) in [6.45, 7) is 2.22. The lowest BCUT2D eigenvalue weighted by atomic mass is 10.0. The number of phenols is 1. The number of aryl methyl sites for hydroxylation is 1. The van der Waals surface area contributed by atoms with Crippen LogP contribution in [-0.2, 0) is 6.42 Å². The smallest absolute Gasteiger partial charge is 0.124 e. The van der Waals surface area contributed by atoms with Gasteiger partial charge in [0, 0.05) is 9.13 Å². The van der Waals surface area contributed by atoms with E-state index in [0.29, 0.717) is 5.75 Å². The fraction of sp³-hybridized carbons (Fsp3) is 0.294. The van der Waals surface area contributed by atoms with Crippen molar-refractivity contribution in [1.29, 1.82) is 0 Å². The van der Waals surface area contributed by atoms with Gasteiger partial charge in [0.1, 0.15) is 5.75 Å². The third-order valence-corrected chi connectivity index (χ3v) is 3.96. The molecule has 0 aliphatic carbocycles. The van der Waals surface area contributed by atoms with Gasteiger partial charge in [0.2, 0.25) is 0 Å². The molecule has 0 atom stereocenters. The van der Waals surface area contributed by atoms with Gasteiger partial charge in [-0.3, -0.25) is 0 Å². The molecule has 0 aliphatic rings. The van der Waals surface area contributed by atoms with Gasteiger partial charge < -0.3 is 5.11 Å². The van der Waals surface area contributed by atoms with Crippen LogP contribution >= 0.6 is 22.6 Å². The van der Waals surface area contributed by atoms with Crippen LogP contribution in [0.2, 0.25) is 0 Å². The molecule has 0 unspecified atom stereocenters. The SMILES string of the molecule is CCCCCc1ccc(-c2ccc(I)cc2O)cc1. The Bertz CT molecular complexity index is 531. The minimum absolute atomic E-state index is 0.352. The molecule has 2 heteroatoms. The Labute approximate surface area is 128 Å². The van der Waals surface area contributed by atoms with Crippen molar-refractivity contribution in [2.75, 3.05) is 0 Å². The highest BCUT2D eigenvalue weighted by Gasteiger charge is 2.04. The quantitative estimate of drug-likeness (QED) is 0.555. The summed E-state index contributed by atoms with van der Waals surface area (Å²) in [5, 5.41) is 9.98. The monoisotopic (exact) mass is 366 g/mol. The number of rotatable bonds is 5. The summed E-state index contributed by atoms with van der Waals surface area (Å²) >= 11 is 2.21. The van der Waals surface area contributed by atoms with E-state index in [-0.39, 0.29) is 0 Å². The second-order valence-electron chi connectivity index (χ2n) is 4.82. The molecule has 0 bridgehead atoms. The molecule has 19 heavy (non-hydrogen) atoms. The third-order valence-electron chi connectivity index (χ3n) is 3.29. The van der Waals surface area contributed by atoms with E-state index in [0.717, 1.165) is 21.1 Å². The zero-order valence-corrected chi connectivity index (χ0v) is 13.4. The summed E-state index contributed by atoms with van der Waals surface area (Å²) in [4.78, 5) is 0. The molecule has 0 aliphatic heterocycles. The number of hydrogen-bond acceptors (Lipinski definition) is 1. The number of halogens is 1. The van der Waals surface area contributed by atoms with Gasteiger partial charge in [-0.15, -0.1) is 0 Å². The highest BCUT2D eigenvalue weighted by molar-refractivity contribution is 14.1. The van der Waals surface area contributed by atoms with Crippen LogP contribution in [0.3, 0.4) is 0 Å². The van der Waals surface area contributed by atoms with Crippen LogP contribution in [-0.4, -0.2) is 5.11 Å². The molecule has 100 valence electrons. The molecule has 0 amide bonds. The van der Waals surface area contributed by atoms with Gasteiger partial charge in [0.15, 0.2) is 0 Å². The summed E-state index contributed by atoms with van der Waals surface area (Å²) in [5.74, 6) is 0.352. The first-order valence-corrected chi connectivity index (χ1v) is 7.86. The number of benzene rings is 2. The minimum Gasteiger partial charge on any atom is -0.507 e. The van der Waals surface area contributed by atoms with E-state index in [1.165, 1.54) is 24.8 Å². The molecule has 0 heterocycles. The number of phenolic OH excluding ortho intramolecular Hbond substituents is 1. The van der Waals surface area contributed by atoms with E-state index in [1.54, 1.807) is 6.07 Å². The lowest BCUT2D eigenvalue weighted by Crippen LogP contribution is -1.86. The van der Waals surface area contributed by atoms with Crippen LogP contribution in [0.1, 0.15) is 31.7 Å². The Kier molecular flexibility index (Phi) is 5.25. The second-order valence-corrected chi connectivity index (χ2v) is 6.06. The van der Waals surface area contributed by atoms with Gasteiger partial charge >= 0.3 is 0 Å². The maximum absolute atomic E-state index is 9.98. The largest absolute Gasteiger partial charge is 0.507 e. The Balaban J connectivity index is 2.13. The van der Waals surface area contributed by atoms with Crippen molar-refractivity contribution in [3.05, 3.63) is 51.6 Å². The van der Waals surface area contributed by atoms with Gasteiger partial charge in [0.05, 0.1) is 0 Å². The zero-order valence-electron chi connectivity index (χ0n) is 11.2. The molecule has 1 N–H and O–H groups in total. The molecule has 0 radical (unpaired) electrons. The van der Waals surface area contributed by atoms with Gasteiger partial charge in [-0.2, -0.15) is 0 Å². The average Bonchev–Trinajstić information content (AvgIpc) is 2.40. The van der Waals surface area contributed by atoms with Crippen molar-refractivity contribution in [1.82, 2.24) is 0 Å². The molecular formula is C17H19IO. The Morgan fingerprint density at radius 2 is 1.74 bits per heavy atom. The Morgan fingerprint density at radius 3 is 2.37 bits per heavy atom. The first kappa shape index (κ1) is 14.4. The molecule has 0 saturated heterocycles. The zero-order chi connectivity index (χ0) is 13.7. The van der Waals surface area contributed by atoms with E-state index < -0.39 is 0 Å². The molecule has 2 aromatic rings. The normalized spacial score (nSPS) is 10.6. The Morgan fingerprint density at radius 1 is 1.00 bits per heavy atom. The number of aromatic hydroxyl groups is 1. The van der Waals surface area contributed by atoms with Crippen molar-refractivity contribution in [2.45, 2.75) is 32.6 Å². The summed E-state index contributed by atoms with van der Waals surface area (Å²) < 4.78 is 1.05. The van der Waals surface area contributed by atoms with Crippen LogP contribution in [0.25, 0.3) is 11.1 Å². The van der Waals surface area contributed by atoms with Gasteiger partial charge in [0.25, 0.3) is 0 Å². The van der Waals surface area contributed by atoms with Gasteiger partial charge in [-0.05, 0) is 64.8 Å². The highest BCUT2D eigenvalue weighted by atomic mass is 127. The first-order chi connectivity index (χ1) is 9.20. The van der Waals surface area contributed by atoms with E-state index in [4.69, 9.17) is 0 Å². The summed E-state index contributed by atoms with van der Waals surface area (Å²) in [6.07, 6.45) is 4.95. The van der Waals surface area contributed by atoms with E-state index >= 15 is 0 Å². The van der Waals surface area contributed by atoms with Crippen molar-refractivity contribution >= 4 is 22.6 Å². The predicted molar refractivity (Wildman–Crippen MR) is 89.5 cm³/mol. The van der Waals surface area contributed by atoms with Crippen molar-refractivity contribution in [3.8, 4) is 16.9 Å². The number of unbranched alkanes of at least 4 members (excludes halogenated alkanes) is 2. The van der Waals surface area contributed by atoms with Gasteiger partial charge in [-0.25, -0.2) is 0 Å². The maximum atomic E-state index is 9.98. The molecular weight excluding hydrogens is 347 g/mol. The molecule has 0 spiro atoms. The lowest BCUT2D eigenvalue weighted by Gasteiger charge is -2.07. The minimum atomic E-state index is 0.352. The molecule has 2 aromatic carbocycles. The van der Waals surface area contributed by atoms with Crippen molar-refractivity contribution in [3.63, 3.8) is 0 Å². The summed E-state index contributed by atoms with van der Waals surface area (Å²) in [5.41, 5.74) is 3.36. The maximum Gasteiger partial charge on any atom is 0.124 e. The van der Waals surface area contributed by atoms with E-state index in [1.807, 2.05) is 12.1 Å². The molecule has 0 saturated carbocycles. The third kappa shape index (κ3) is 3.96.